The number of hydrogen-bond donors (Lipinski definition) is 2. The Bertz CT molecular complexity index is 350. The van der Waals surface area contributed by atoms with E-state index >= 15 is 0 Å². The quantitative estimate of drug-likeness (QED) is 0.733. The third-order valence-electron chi connectivity index (χ3n) is 1.82. The number of hydrogen-bond acceptors (Lipinski definition) is 4. The summed E-state index contributed by atoms with van der Waals surface area (Å²) in [6.45, 7) is 4.46. The molecule has 6 heteroatoms. The fourth-order valence-electron chi connectivity index (χ4n) is 1.17. The van der Waals surface area contributed by atoms with Crippen LogP contribution >= 0.6 is 12.2 Å². The van der Waals surface area contributed by atoms with Gasteiger partial charge in [0.1, 0.15) is 5.60 Å². The number of methoxy groups -OCH3 is 1. The summed E-state index contributed by atoms with van der Waals surface area (Å²) in [4.78, 5) is 0. The van der Waals surface area contributed by atoms with Crippen LogP contribution in [0.4, 0.5) is 0 Å². The van der Waals surface area contributed by atoms with Crippen LogP contribution in [0.5, 0.6) is 0 Å². The minimum atomic E-state index is -0.999. The number of H-pyrrole nitrogens is 1. The average Bonchev–Trinajstić information content (AvgIpc) is 2.42. The first-order chi connectivity index (χ1) is 6.46. The average molecular weight is 217 g/mol. The first-order valence-corrected chi connectivity index (χ1v) is 4.74. The van der Waals surface area contributed by atoms with Crippen LogP contribution in [-0.4, -0.2) is 33.6 Å². The second-order valence-corrected chi connectivity index (χ2v) is 3.94. The molecule has 0 saturated heterocycles. The third kappa shape index (κ3) is 2.40. The van der Waals surface area contributed by atoms with Crippen molar-refractivity contribution in [3.8, 4) is 0 Å². The van der Waals surface area contributed by atoms with E-state index in [0.29, 0.717) is 23.7 Å². The molecule has 0 aliphatic carbocycles. The van der Waals surface area contributed by atoms with E-state index in [0.717, 1.165) is 0 Å². The van der Waals surface area contributed by atoms with Gasteiger partial charge in [-0.1, -0.05) is 0 Å². The second kappa shape index (κ2) is 4.20. The predicted octanol–water partition coefficient (Wildman–Crippen LogP) is 0.814. The smallest absolute Gasteiger partial charge is 0.195 e. The van der Waals surface area contributed by atoms with Crippen molar-refractivity contribution in [1.82, 2.24) is 14.8 Å². The second-order valence-electron chi connectivity index (χ2n) is 3.56. The number of rotatable bonds is 4. The van der Waals surface area contributed by atoms with E-state index in [2.05, 4.69) is 10.2 Å². The minimum Gasteiger partial charge on any atom is -0.383 e. The molecule has 80 valence electrons. The molecular weight excluding hydrogens is 202 g/mol. The van der Waals surface area contributed by atoms with Crippen molar-refractivity contribution in [1.29, 1.82) is 0 Å². The van der Waals surface area contributed by atoms with Crippen molar-refractivity contribution in [3.05, 3.63) is 10.6 Å². The number of aromatic nitrogens is 3. The van der Waals surface area contributed by atoms with Gasteiger partial charge in [-0.05, 0) is 26.1 Å². The molecule has 0 saturated carbocycles. The molecule has 1 heterocycles. The molecule has 14 heavy (non-hydrogen) atoms. The summed E-state index contributed by atoms with van der Waals surface area (Å²) in [7, 11) is 1.62. The Morgan fingerprint density at radius 1 is 1.64 bits per heavy atom. The molecule has 0 radical (unpaired) electrons. The van der Waals surface area contributed by atoms with Crippen LogP contribution in [0, 0.1) is 4.77 Å². The lowest BCUT2D eigenvalue weighted by Crippen LogP contribution is -2.23. The van der Waals surface area contributed by atoms with Gasteiger partial charge in [0.05, 0.1) is 13.2 Å². The molecule has 0 amide bonds. The zero-order chi connectivity index (χ0) is 10.8. The first kappa shape index (κ1) is 11.4. The van der Waals surface area contributed by atoms with Crippen molar-refractivity contribution in [2.24, 2.45) is 0 Å². The van der Waals surface area contributed by atoms with Crippen LogP contribution in [0.1, 0.15) is 19.7 Å². The summed E-state index contributed by atoms with van der Waals surface area (Å²) in [5, 5.41) is 16.4. The maximum absolute atomic E-state index is 9.79. The molecule has 0 aliphatic rings. The monoisotopic (exact) mass is 217 g/mol. The summed E-state index contributed by atoms with van der Waals surface area (Å²) in [6.07, 6.45) is 0. The fraction of sp³-hybridized carbons (Fsp3) is 0.750. The zero-order valence-corrected chi connectivity index (χ0v) is 9.39. The first-order valence-electron chi connectivity index (χ1n) is 4.34. The molecule has 1 aromatic heterocycles. The van der Waals surface area contributed by atoms with Crippen molar-refractivity contribution in [3.63, 3.8) is 0 Å². The SMILES string of the molecule is COCCn1c(C(C)(C)O)n[nH]c1=S. The Morgan fingerprint density at radius 3 is 2.79 bits per heavy atom. The molecule has 0 bridgehead atoms. The topological polar surface area (TPSA) is 63.1 Å². The van der Waals surface area contributed by atoms with E-state index < -0.39 is 5.60 Å². The summed E-state index contributed by atoms with van der Waals surface area (Å²) in [5.41, 5.74) is -0.999. The lowest BCUT2D eigenvalue weighted by atomic mass is 10.1. The van der Waals surface area contributed by atoms with Gasteiger partial charge in [-0.25, -0.2) is 0 Å². The highest BCUT2D eigenvalue weighted by Gasteiger charge is 2.23. The maximum Gasteiger partial charge on any atom is 0.195 e. The van der Waals surface area contributed by atoms with Gasteiger partial charge in [-0.3, -0.25) is 9.67 Å². The van der Waals surface area contributed by atoms with Crippen molar-refractivity contribution < 1.29 is 9.84 Å². The minimum absolute atomic E-state index is 0.499. The van der Waals surface area contributed by atoms with Gasteiger partial charge < -0.3 is 9.84 Å². The third-order valence-corrected chi connectivity index (χ3v) is 2.14. The van der Waals surface area contributed by atoms with Crippen LogP contribution in [0.2, 0.25) is 0 Å². The Morgan fingerprint density at radius 2 is 2.29 bits per heavy atom. The Kier molecular flexibility index (Phi) is 3.41. The number of aromatic amines is 1. The van der Waals surface area contributed by atoms with E-state index in [1.54, 1.807) is 25.5 Å². The van der Waals surface area contributed by atoms with E-state index in [1.165, 1.54) is 0 Å². The van der Waals surface area contributed by atoms with Gasteiger partial charge in [0.25, 0.3) is 0 Å². The molecule has 0 aromatic carbocycles. The van der Waals surface area contributed by atoms with Crippen LogP contribution in [0.3, 0.4) is 0 Å². The van der Waals surface area contributed by atoms with Gasteiger partial charge in [0, 0.05) is 7.11 Å². The lowest BCUT2D eigenvalue weighted by Gasteiger charge is -2.17. The largest absolute Gasteiger partial charge is 0.383 e. The summed E-state index contributed by atoms with van der Waals surface area (Å²) >= 11 is 5.03. The van der Waals surface area contributed by atoms with Crippen LogP contribution in [-0.2, 0) is 16.9 Å². The zero-order valence-electron chi connectivity index (χ0n) is 8.57. The van der Waals surface area contributed by atoms with Gasteiger partial charge in [-0.15, -0.1) is 0 Å². The maximum atomic E-state index is 9.79. The standard InChI is InChI=1S/C8H15N3O2S/c1-8(2,12)6-9-10-7(14)11(6)4-5-13-3/h12H,4-5H2,1-3H3,(H,10,14). The molecule has 0 fully saturated rings. The number of ether oxygens (including phenoxy) is 1. The number of aliphatic hydroxyl groups is 1. The van der Waals surface area contributed by atoms with Crippen LogP contribution in [0.25, 0.3) is 0 Å². The number of nitrogens with one attached hydrogen (secondary N) is 1. The van der Waals surface area contributed by atoms with E-state index in [4.69, 9.17) is 17.0 Å². The number of nitrogens with zero attached hydrogens (tertiary/aromatic N) is 2. The summed E-state index contributed by atoms with van der Waals surface area (Å²) in [5.74, 6) is 0.527. The van der Waals surface area contributed by atoms with Gasteiger partial charge >= 0.3 is 0 Å². The van der Waals surface area contributed by atoms with Gasteiger partial charge in [0.2, 0.25) is 0 Å². The molecule has 0 atom stereocenters. The van der Waals surface area contributed by atoms with Crippen molar-refractivity contribution in [2.75, 3.05) is 13.7 Å². The van der Waals surface area contributed by atoms with Gasteiger partial charge in [0.15, 0.2) is 10.6 Å². The van der Waals surface area contributed by atoms with Crippen molar-refractivity contribution >= 4 is 12.2 Å². The molecule has 1 rings (SSSR count). The molecule has 2 N–H and O–H groups in total. The van der Waals surface area contributed by atoms with Crippen molar-refractivity contribution in [2.45, 2.75) is 26.0 Å². The summed E-state index contributed by atoms with van der Waals surface area (Å²) < 4.78 is 7.18. The molecular formula is C8H15N3O2S. The molecule has 0 unspecified atom stereocenters. The highest BCUT2D eigenvalue weighted by Crippen LogP contribution is 2.16. The van der Waals surface area contributed by atoms with Crippen LogP contribution < -0.4 is 0 Å². The normalized spacial score (nSPS) is 12.0. The van der Waals surface area contributed by atoms with E-state index in [1.807, 2.05) is 0 Å². The predicted molar refractivity (Wildman–Crippen MR) is 54.5 cm³/mol. The lowest BCUT2D eigenvalue weighted by molar-refractivity contribution is 0.0623. The van der Waals surface area contributed by atoms with E-state index in [9.17, 15) is 5.11 Å². The molecule has 1 aromatic rings. The Hall–Kier alpha value is -0.720. The molecule has 0 aliphatic heterocycles. The van der Waals surface area contributed by atoms with Crippen LogP contribution in [0.15, 0.2) is 0 Å². The Balaban J connectivity index is 3.01. The molecule has 0 spiro atoms. The Labute approximate surface area is 87.7 Å². The van der Waals surface area contributed by atoms with Gasteiger partial charge in [-0.2, -0.15) is 5.10 Å². The fourth-order valence-corrected chi connectivity index (χ4v) is 1.40. The highest BCUT2D eigenvalue weighted by molar-refractivity contribution is 7.71. The summed E-state index contributed by atoms with van der Waals surface area (Å²) in [6, 6.07) is 0. The van der Waals surface area contributed by atoms with E-state index in [-0.39, 0.29) is 0 Å². The highest BCUT2D eigenvalue weighted by atomic mass is 32.1. The molecule has 5 nitrogen and oxygen atoms in total.